The predicted molar refractivity (Wildman–Crippen MR) is 66.6 cm³/mol. The van der Waals surface area contributed by atoms with Crippen molar-refractivity contribution in [1.82, 2.24) is 5.16 Å². The highest BCUT2D eigenvalue weighted by molar-refractivity contribution is 6.32. The zero-order chi connectivity index (χ0) is 14.3. The van der Waals surface area contributed by atoms with Crippen LogP contribution in [0.4, 0.5) is 0 Å². The van der Waals surface area contributed by atoms with Crippen LogP contribution in [-0.4, -0.2) is 34.6 Å². The molecule has 0 radical (unpaired) electrons. The van der Waals surface area contributed by atoms with Gasteiger partial charge >= 0.3 is 5.97 Å². The highest BCUT2D eigenvalue weighted by Gasteiger charge is 2.27. The summed E-state index contributed by atoms with van der Waals surface area (Å²) < 4.78 is 15.7. The van der Waals surface area contributed by atoms with Crippen LogP contribution in [0, 0.1) is 0 Å². The lowest BCUT2D eigenvalue weighted by molar-refractivity contribution is 0.0686. The quantitative estimate of drug-likeness (QED) is 0.875. The van der Waals surface area contributed by atoms with Gasteiger partial charge in [0.25, 0.3) is 0 Å². The van der Waals surface area contributed by atoms with Gasteiger partial charge in [-0.1, -0.05) is 16.8 Å². The van der Waals surface area contributed by atoms with Crippen LogP contribution in [0.15, 0.2) is 16.7 Å². The lowest BCUT2D eigenvalue weighted by Gasteiger charge is -2.21. The van der Waals surface area contributed by atoms with E-state index in [0.717, 1.165) is 0 Å². The number of carboxylic acid groups (broad SMARTS) is 1. The molecule has 1 aromatic heterocycles. The Morgan fingerprint density at radius 2 is 2.05 bits per heavy atom. The van der Waals surface area contributed by atoms with Crippen molar-refractivity contribution in [2.75, 3.05) is 13.2 Å². The molecular weight excluding hydrogens is 290 g/mol. The van der Waals surface area contributed by atoms with Crippen LogP contribution in [0.1, 0.15) is 10.5 Å². The van der Waals surface area contributed by atoms with Crippen LogP contribution in [0.25, 0.3) is 11.3 Å². The average Bonchev–Trinajstić information content (AvgIpc) is 2.90. The van der Waals surface area contributed by atoms with E-state index in [1.54, 1.807) is 0 Å². The predicted octanol–water partition coefficient (Wildman–Crippen LogP) is 2.17. The molecule has 0 bridgehead atoms. The van der Waals surface area contributed by atoms with Crippen LogP contribution >= 0.6 is 11.6 Å². The first-order chi connectivity index (χ1) is 9.58. The van der Waals surface area contributed by atoms with Crippen molar-refractivity contribution in [2.24, 2.45) is 0 Å². The third-order valence-electron chi connectivity index (χ3n) is 2.73. The highest BCUT2D eigenvalue weighted by atomic mass is 35.5. The number of fused-ring (bicyclic) bond motifs is 1. The largest absolute Gasteiger partial charge is 0.505 e. The van der Waals surface area contributed by atoms with Gasteiger partial charge in [0.1, 0.15) is 24.5 Å². The first-order valence-electron chi connectivity index (χ1n) is 5.59. The summed E-state index contributed by atoms with van der Waals surface area (Å²) in [5, 5.41) is 22.3. The number of carbonyl (C=O) groups is 1. The molecule has 8 heteroatoms. The summed E-state index contributed by atoms with van der Waals surface area (Å²) in [6.45, 7) is 0.644. The van der Waals surface area contributed by atoms with Crippen LogP contribution in [0.5, 0.6) is 17.2 Å². The Balaban J connectivity index is 2.20. The van der Waals surface area contributed by atoms with Crippen LogP contribution in [-0.2, 0) is 0 Å². The normalized spacial score (nSPS) is 13.2. The second kappa shape index (κ2) is 4.61. The summed E-state index contributed by atoms with van der Waals surface area (Å²) in [6.07, 6.45) is 0. The minimum atomic E-state index is -1.24. The van der Waals surface area contributed by atoms with Gasteiger partial charge in [0, 0.05) is 12.1 Å². The van der Waals surface area contributed by atoms with Gasteiger partial charge in [0.2, 0.25) is 0 Å². The molecule has 2 aromatic rings. The Bertz CT molecular complexity index is 695. The number of phenolic OH excluding ortho intramolecular Hbond substituents is 1. The number of carboxylic acids is 1. The number of aromatic carboxylic acids is 1. The van der Waals surface area contributed by atoms with E-state index in [2.05, 4.69) is 5.16 Å². The summed E-state index contributed by atoms with van der Waals surface area (Å²) in [5.41, 5.74) is -0.169. The van der Waals surface area contributed by atoms with Gasteiger partial charge in [-0.3, -0.25) is 0 Å². The molecule has 104 valence electrons. The molecule has 3 rings (SSSR count). The standard InChI is InChI=1S/C12H8ClNO6/c13-5-3-8-11(19-2-1-18-8)9(10(5)15)7-4-6(12(16)17)14-20-7/h3-4,15H,1-2H2,(H,16,17). The number of aromatic hydroxyl groups is 1. The zero-order valence-corrected chi connectivity index (χ0v) is 10.7. The van der Waals surface area contributed by atoms with Gasteiger partial charge in [0.15, 0.2) is 23.0 Å². The van der Waals surface area contributed by atoms with Gasteiger partial charge in [-0.05, 0) is 0 Å². The molecule has 0 saturated carbocycles. The Morgan fingerprint density at radius 3 is 2.75 bits per heavy atom. The zero-order valence-electron chi connectivity index (χ0n) is 9.92. The average molecular weight is 298 g/mol. The highest BCUT2D eigenvalue weighted by Crippen LogP contribution is 2.49. The Labute approximate surface area is 117 Å². The van der Waals surface area contributed by atoms with Crippen molar-refractivity contribution in [2.45, 2.75) is 0 Å². The summed E-state index contributed by atoms with van der Waals surface area (Å²) in [6, 6.07) is 2.59. The van der Waals surface area contributed by atoms with Crippen LogP contribution in [0.2, 0.25) is 5.02 Å². The number of ether oxygens (including phenoxy) is 2. The lowest BCUT2D eigenvalue weighted by atomic mass is 10.1. The smallest absolute Gasteiger partial charge is 0.358 e. The molecular formula is C12H8ClNO6. The third kappa shape index (κ3) is 1.92. The van der Waals surface area contributed by atoms with Crippen LogP contribution in [0.3, 0.4) is 0 Å². The fourth-order valence-electron chi connectivity index (χ4n) is 1.87. The second-order valence-electron chi connectivity index (χ2n) is 3.99. The molecule has 0 aliphatic carbocycles. The number of hydrogen-bond acceptors (Lipinski definition) is 6. The van der Waals surface area contributed by atoms with Gasteiger partial charge in [-0.15, -0.1) is 0 Å². The van der Waals surface area contributed by atoms with E-state index in [-0.39, 0.29) is 33.5 Å². The molecule has 0 atom stereocenters. The van der Waals surface area contributed by atoms with Crippen LogP contribution < -0.4 is 9.47 Å². The van der Waals surface area contributed by atoms with Crippen molar-refractivity contribution in [3.05, 3.63) is 22.8 Å². The number of halogens is 1. The molecule has 1 aromatic carbocycles. The lowest BCUT2D eigenvalue weighted by Crippen LogP contribution is -2.16. The summed E-state index contributed by atoms with van der Waals surface area (Å²) in [5.74, 6) is -0.908. The van der Waals surface area contributed by atoms with E-state index < -0.39 is 5.97 Å². The maximum absolute atomic E-state index is 10.8. The molecule has 0 saturated heterocycles. The topological polar surface area (TPSA) is 102 Å². The van der Waals surface area contributed by atoms with E-state index in [1.165, 1.54) is 12.1 Å². The molecule has 7 nitrogen and oxygen atoms in total. The molecule has 0 amide bonds. The molecule has 0 fully saturated rings. The van der Waals surface area contributed by atoms with Crippen molar-refractivity contribution in [3.8, 4) is 28.6 Å². The number of hydrogen-bond donors (Lipinski definition) is 2. The van der Waals surface area contributed by atoms with E-state index in [4.69, 9.17) is 30.7 Å². The molecule has 1 aliphatic heterocycles. The fraction of sp³-hybridized carbons (Fsp3) is 0.167. The van der Waals surface area contributed by atoms with E-state index in [0.29, 0.717) is 19.0 Å². The number of phenols is 1. The number of benzene rings is 1. The first-order valence-corrected chi connectivity index (χ1v) is 5.97. The van der Waals surface area contributed by atoms with E-state index >= 15 is 0 Å². The molecule has 2 heterocycles. The number of aromatic nitrogens is 1. The monoisotopic (exact) mass is 297 g/mol. The second-order valence-corrected chi connectivity index (χ2v) is 4.39. The molecule has 20 heavy (non-hydrogen) atoms. The number of nitrogens with zero attached hydrogens (tertiary/aromatic N) is 1. The molecule has 0 unspecified atom stereocenters. The van der Waals surface area contributed by atoms with Gasteiger partial charge in [-0.25, -0.2) is 4.79 Å². The number of rotatable bonds is 2. The Hall–Kier alpha value is -2.41. The SMILES string of the molecule is O=C(O)c1cc(-c2c(O)c(Cl)cc3c2OCCO3)on1. The summed E-state index contributed by atoms with van der Waals surface area (Å²) >= 11 is 5.91. The van der Waals surface area contributed by atoms with Gasteiger partial charge in [-0.2, -0.15) is 0 Å². The molecule has 1 aliphatic rings. The Morgan fingerprint density at radius 1 is 1.30 bits per heavy atom. The Kier molecular flexibility index (Phi) is 2.90. The summed E-state index contributed by atoms with van der Waals surface area (Å²) in [7, 11) is 0. The first kappa shape index (κ1) is 12.6. The minimum Gasteiger partial charge on any atom is -0.505 e. The third-order valence-corrected chi connectivity index (χ3v) is 3.02. The van der Waals surface area contributed by atoms with Crippen molar-refractivity contribution in [1.29, 1.82) is 0 Å². The maximum Gasteiger partial charge on any atom is 0.358 e. The molecule has 2 N–H and O–H groups in total. The van der Waals surface area contributed by atoms with E-state index in [1.807, 2.05) is 0 Å². The van der Waals surface area contributed by atoms with Crippen molar-refractivity contribution < 1.29 is 29.0 Å². The van der Waals surface area contributed by atoms with Gasteiger partial charge < -0.3 is 24.2 Å². The van der Waals surface area contributed by atoms with Crippen molar-refractivity contribution in [3.63, 3.8) is 0 Å². The maximum atomic E-state index is 10.8. The molecule has 0 spiro atoms. The summed E-state index contributed by atoms with van der Waals surface area (Å²) in [4.78, 5) is 10.8. The van der Waals surface area contributed by atoms with Gasteiger partial charge in [0.05, 0.1) is 5.02 Å². The fourth-order valence-corrected chi connectivity index (χ4v) is 2.06. The van der Waals surface area contributed by atoms with Crippen molar-refractivity contribution >= 4 is 17.6 Å². The van der Waals surface area contributed by atoms with E-state index in [9.17, 15) is 9.90 Å². The minimum absolute atomic E-state index is 0.0316.